The Labute approximate surface area is 109 Å². The Balaban J connectivity index is 2.61. The standard InChI is InChI=1S/C14H23NO3/c1-3-8-15-14(2,10-17)11-18-13-7-5-4-6-12(13)9-16/h4-7,15-17H,3,8-11H2,1-2H3. The number of ether oxygens (including phenoxy) is 1. The van der Waals surface area contributed by atoms with E-state index in [2.05, 4.69) is 12.2 Å². The number of aliphatic hydroxyl groups excluding tert-OH is 2. The summed E-state index contributed by atoms with van der Waals surface area (Å²) < 4.78 is 5.70. The minimum absolute atomic E-state index is 0.00823. The molecule has 1 unspecified atom stereocenters. The van der Waals surface area contributed by atoms with Crippen LogP contribution in [0.1, 0.15) is 25.8 Å². The van der Waals surface area contributed by atoms with E-state index in [9.17, 15) is 10.2 Å². The summed E-state index contributed by atoms with van der Waals surface area (Å²) in [5.74, 6) is 0.665. The molecule has 1 aromatic carbocycles. The summed E-state index contributed by atoms with van der Waals surface area (Å²) in [5, 5.41) is 21.9. The number of rotatable bonds is 8. The predicted molar refractivity (Wildman–Crippen MR) is 71.6 cm³/mol. The van der Waals surface area contributed by atoms with Gasteiger partial charge in [-0.3, -0.25) is 0 Å². The highest BCUT2D eigenvalue weighted by Gasteiger charge is 2.23. The maximum Gasteiger partial charge on any atom is 0.124 e. The molecule has 1 atom stereocenters. The third-order valence-electron chi connectivity index (χ3n) is 2.84. The highest BCUT2D eigenvalue weighted by atomic mass is 16.5. The molecule has 0 aromatic heterocycles. The molecule has 0 spiro atoms. The SMILES string of the molecule is CCCNC(C)(CO)COc1ccccc1CO. The van der Waals surface area contributed by atoms with Crippen LogP contribution in [0.5, 0.6) is 5.75 Å². The lowest BCUT2D eigenvalue weighted by Gasteiger charge is -2.29. The third kappa shape index (κ3) is 4.29. The minimum Gasteiger partial charge on any atom is -0.491 e. The average molecular weight is 253 g/mol. The maximum atomic E-state index is 9.42. The summed E-state index contributed by atoms with van der Waals surface area (Å²) in [6.45, 7) is 5.15. The number of para-hydroxylation sites is 1. The Bertz CT molecular complexity index is 357. The first kappa shape index (κ1) is 15.0. The molecule has 0 radical (unpaired) electrons. The van der Waals surface area contributed by atoms with E-state index in [1.54, 1.807) is 0 Å². The molecule has 102 valence electrons. The molecule has 1 aromatic rings. The quantitative estimate of drug-likeness (QED) is 0.653. The number of aliphatic hydroxyl groups is 2. The smallest absolute Gasteiger partial charge is 0.124 e. The average Bonchev–Trinajstić information content (AvgIpc) is 2.43. The van der Waals surface area contributed by atoms with E-state index in [0.29, 0.717) is 12.4 Å². The van der Waals surface area contributed by atoms with Crippen molar-refractivity contribution in [3.63, 3.8) is 0 Å². The fraction of sp³-hybridized carbons (Fsp3) is 0.571. The molecule has 1 rings (SSSR count). The van der Waals surface area contributed by atoms with Gasteiger partial charge in [0.1, 0.15) is 12.4 Å². The molecule has 0 amide bonds. The molecule has 4 nitrogen and oxygen atoms in total. The number of benzene rings is 1. The van der Waals surface area contributed by atoms with E-state index in [0.717, 1.165) is 18.5 Å². The van der Waals surface area contributed by atoms with Crippen LogP contribution in [-0.4, -0.2) is 35.5 Å². The lowest BCUT2D eigenvalue weighted by Crippen LogP contribution is -2.50. The van der Waals surface area contributed by atoms with Gasteiger partial charge < -0.3 is 20.3 Å². The van der Waals surface area contributed by atoms with Crippen molar-refractivity contribution < 1.29 is 14.9 Å². The fourth-order valence-corrected chi connectivity index (χ4v) is 1.59. The Kier molecular flexibility index (Phi) is 6.12. The second-order valence-corrected chi connectivity index (χ2v) is 4.70. The van der Waals surface area contributed by atoms with Crippen molar-refractivity contribution in [2.45, 2.75) is 32.4 Å². The van der Waals surface area contributed by atoms with E-state index < -0.39 is 5.54 Å². The van der Waals surface area contributed by atoms with Gasteiger partial charge >= 0.3 is 0 Å². The molecule has 0 bridgehead atoms. The monoisotopic (exact) mass is 253 g/mol. The molecular formula is C14H23NO3. The van der Waals surface area contributed by atoms with Gasteiger partial charge in [0.15, 0.2) is 0 Å². The van der Waals surface area contributed by atoms with Gasteiger partial charge in [0.05, 0.1) is 18.8 Å². The lowest BCUT2D eigenvalue weighted by molar-refractivity contribution is 0.114. The van der Waals surface area contributed by atoms with Crippen molar-refractivity contribution in [2.75, 3.05) is 19.8 Å². The highest BCUT2D eigenvalue weighted by molar-refractivity contribution is 5.32. The molecule has 0 fully saturated rings. The molecule has 0 aliphatic rings. The largest absolute Gasteiger partial charge is 0.491 e. The van der Waals surface area contributed by atoms with Gasteiger partial charge in [-0.1, -0.05) is 25.1 Å². The van der Waals surface area contributed by atoms with E-state index >= 15 is 0 Å². The van der Waals surface area contributed by atoms with Crippen LogP contribution in [-0.2, 0) is 6.61 Å². The van der Waals surface area contributed by atoms with Gasteiger partial charge in [-0.2, -0.15) is 0 Å². The summed E-state index contributed by atoms with van der Waals surface area (Å²) in [6, 6.07) is 7.37. The lowest BCUT2D eigenvalue weighted by atomic mass is 10.1. The summed E-state index contributed by atoms with van der Waals surface area (Å²) in [4.78, 5) is 0. The Morgan fingerprint density at radius 2 is 2.00 bits per heavy atom. The number of nitrogens with one attached hydrogen (secondary N) is 1. The second kappa shape index (κ2) is 7.36. The highest BCUT2D eigenvalue weighted by Crippen LogP contribution is 2.19. The number of hydrogen-bond donors (Lipinski definition) is 3. The van der Waals surface area contributed by atoms with E-state index in [1.165, 1.54) is 0 Å². The molecular weight excluding hydrogens is 230 g/mol. The zero-order valence-corrected chi connectivity index (χ0v) is 11.1. The van der Waals surface area contributed by atoms with Gasteiger partial charge in [-0.15, -0.1) is 0 Å². The molecule has 0 heterocycles. The fourth-order valence-electron chi connectivity index (χ4n) is 1.59. The summed E-state index contributed by atoms with van der Waals surface area (Å²) in [6.07, 6.45) is 1.00. The second-order valence-electron chi connectivity index (χ2n) is 4.70. The van der Waals surface area contributed by atoms with Gasteiger partial charge in [0.25, 0.3) is 0 Å². The first-order valence-electron chi connectivity index (χ1n) is 6.32. The molecule has 0 aliphatic carbocycles. The molecule has 18 heavy (non-hydrogen) atoms. The van der Waals surface area contributed by atoms with Crippen LogP contribution >= 0.6 is 0 Å². The van der Waals surface area contributed by atoms with Crippen LogP contribution in [0, 0.1) is 0 Å². The zero-order valence-electron chi connectivity index (χ0n) is 11.1. The topological polar surface area (TPSA) is 61.7 Å². The van der Waals surface area contributed by atoms with Crippen LogP contribution in [0.15, 0.2) is 24.3 Å². The Hall–Kier alpha value is -1.10. The maximum absolute atomic E-state index is 9.42. The van der Waals surface area contributed by atoms with Crippen LogP contribution in [0.25, 0.3) is 0 Å². The van der Waals surface area contributed by atoms with Crippen molar-refractivity contribution in [2.24, 2.45) is 0 Å². The van der Waals surface area contributed by atoms with Gasteiger partial charge in [-0.05, 0) is 26.0 Å². The Morgan fingerprint density at radius 1 is 1.28 bits per heavy atom. The summed E-state index contributed by atoms with van der Waals surface area (Å²) in [7, 11) is 0. The van der Waals surface area contributed by atoms with Crippen LogP contribution < -0.4 is 10.1 Å². The van der Waals surface area contributed by atoms with Crippen molar-refractivity contribution in [1.29, 1.82) is 0 Å². The Morgan fingerprint density at radius 3 is 2.61 bits per heavy atom. The van der Waals surface area contributed by atoms with E-state index in [1.807, 2.05) is 31.2 Å². The van der Waals surface area contributed by atoms with E-state index in [-0.39, 0.29) is 13.2 Å². The van der Waals surface area contributed by atoms with Gasteiger partial charge in [0.2, 0.25) is 0 Å². The molecule has 3 N–H and O–H groups in total. The zero-order chi connectivity index (χ0) is 13.4. The predicted octanol–water partition coefficient (Wildman–Crippen LogP) is 1.31. The van der Waals surface area contributed by atoms with Crippen LogP contribution in [0.2, 0.25) is 0 Å². The molecule has 0 saturated heterocycles. The summed E-state index contributed by atoms with van der Waals surface area (Å²) >= 11 is 0. The first-order chi connectivity index (χ1) is 8.65. The van der Waals surface area contributed by atoms with Gasteiger partial charge in [0, 0.05) is 5.56 Å². The number of hydrogen-bond acceptors (Lipinski definition) is 4. The normalized spacial score (nSPS) is 14.2. The molecule has 4 heteroatoms. The summed E-state index contributed by atoms with van der Waals surface area (Å²) in [5.41, 5.74) is 0.298. The van der Waals surface area contributed by atoms with Crippen molar-refractivity contribution in [3.05, 3.63) is 29.8 Å². The van der Waals surface area contributed by atoms with Crippen LogP contribution in [0.3, 0.4) is 0 Å². The van der Waals surface area contributed by atoms with Crippen molar-refractivity contribution in [1.82, 2.24) is 5.32 Å². The van der Waals surface area contributed by atoms with Crippen molar-refractivity contribution >= 4 is 0 Å². The first-order valence-corrected chi connectivity index (χ1v) is 6.32. The molecule has 0 aliphatic heterocycles. The van der Waals surface area contributed by atoms with Crippen LogP contribution in [0.4, 0.5) is 0 Å². The molecule has 0 saturated carbocycles. The minimum atomic E-state index is -0.460. The van der Waals surface area contributed by atoms with E-state index in [4.69, 9.17) is 4.74 Å². The van der Waals surface area contributed by atoms with Crippen molar-refractivity contribution in [3.8, 4) is 5.75 Å². The van der Waals surface area contributed by atoms with Gasteiger partial charge in [-0.25, -0.2) is 0 Å². The third-order valence-corrected chi connectivity index (χ3v) is 2.84.